The van der Waals surface area contributed by atoms with E-state index in [1.54, 1.807) is 12.1 Å². The zero-order valence-electron chi connectivity index (χ0n) is 14.2. The topological polar surface area (TPSA) is 90.9 Å². The third-order valence-corrected chi connectivity index (χ3v) is 3.13. The van der Waals surface area contributed by atoms with Gasteiger partial charge in [-0.15, -0.1) is 0 Å². The van der Waals surface area contributed by atoms with E-state index in [1.807, 2.05) is 6.92 Å². The Morgan fingerprint density at radius 1 is 1.12 bits per heavy atom. The number of hydrogen-bond donors (Lipinski definition) is 1. The molecule has 0 fully saturated rings. The number of carbonyl (C=O) groups is 3. The normalized spacial score (nSPS) is 9.96. The van der Waals surface area contributed by atoms with Gasteiger partial charge in [-0.3, -0.25) is 9.59 Å². The molecule has 0 saturated carbocycles. The van der Waals surface area contributed by atoms with E-state index < -0.39 is 5.97 Å². The fourth-order valence-corrected chi connectivity index (χ4v) is 1.79. The van der Waals surface area contributed by atoms with Gasteiger partial charge in [0.15, 0.2) is 30.5 Å². The Bertz CT molecular complexity index is 584. The molecular weight excluding hydrogens is 314 g/mol. The molecule has 7 heteroatoms. The van der Waals surface area contributed by atoms with Gasteiger partial charge in [-0.2, -0.15) is 0 Å². The molecule has 0 aliphatic rings. The zero-order valence-corrected chi connectivity index (χ0v) is 14.2. The van der Waals surface area contributed by atoms with Crippen molar-refractivity contribution in [3.63, 3.8) is 0 Å². The summed E-state index contributed by atoms with van der Waals surface area (Å²) in [6, 6.07) is 4.65. The lowest BCUT2D eigenvalue weighted by Crippen LogP contribution is -2.30. The number of carbonyl (C=O) groups excluding carboxylic acids is 3. The maximum Gasteiger partial charge on any atom is 0.344 e. The summed E-state index contributed by atoms with van der Waals surface area (Å²) in [6.07, 6.45) is 1.84. The number of rotatable bonds is 10. The Morgan fingerprint density at radius 3 is 2.50 bits per heavy atom. The number of unbranched alkanes of at least 4 members (excludes halogenated alkanes) is 1. The van der Waals surface area contributed by atoms with E-state index in [1.165, 1.54) is 20.1 Å². The molecule has 0 bridgehead atoms. The Balaban J connectivity index is 2.44. The first kappa shape index (κ1) is 19.5. The van der Waals surface area contributed by atoms with Crippen LogP contribution in [0.3, 0.4) is 0 Å². The van der Waals surface area contributed by atoms with E-state index in [9.17, 15) is 14.4 Å². The van der Waals surface area contributed by atoms with Crippen molar-refractivity contribution in [1.82, 2.24) is 5.32 Å². The number of ketones is 1. The maximum absolute atomic E-state index is 11.6. The fourth-order valence-electron chi connectivity index (χ4n) is 1.79. The Hall–Kier alpha value is -2.57. The van der Waals surface area contributed by atoms with Crippen molar-refractivity contribution in [3.05, 3.63) is 23.8 Å². The lowest BCUT2D eigenvalue weighted by Gasteiger charge is -2.11. The van der Waals surface area contributed by atoms with Crippen LogP contribution in [0.25, 0.3) is 0 Å². The van der Waals surface area contributed by atoms with Gasteiger partial charge < -0.3 is 19.5 Å². The number of benzene rings is 1. The van der Waals surface area contributed by atoms with Gasteiger partial charge in [0.2, 0.25) is 0 Å². The Labute approximate surface area is 141 Å². The Morgan fingerprint density at radius 2 is 1.88 bits per heavy atom. The van der Waals surface area contributed by atoms with E-state index in [-0.39, 0.29) is 24.9 Å². The smallest absolute Gasteiger partial charge is 0.344 e. The number of hydrogen-bond acceptors (Lipinski definition) is 6. The third kappa shape index (κ3) is 6.68. The molecule has 0 atom stereocenters. The summed E-state index contributed by atoms with van der Waals surface area (Å²) >= 11 is 0. The van der Waals surface area contributed by atoms with Gasteiger partial charge in [-0.25, -0.2) is 4.79 Å². The molecule has 0 aromatic heterocycles. The predicted octanol–water partition coefficient (Wildman–Crippen LogP) is 1.74. The molecule has 0 aliphatic carbocycles. The first-order valence-electron chi connectivity index (χ1n) is 7.72. The largest absolute Gasteiger partial charge is 0.493 e. The van der Waals surface area contributed by atoms with Crippen molar-refractivity contribution >= 4 is 17.7 Å². The van der Waals surface area contributed by atoms with Crippen LogP contribution in [0.4, 0.5) is 0 Å². The number of ether oxygens (including phenoxy) is 3. The summed E-state index contributed by atoms with van der Waals surface area (Å²) in [7, 11) is 1.44. The average Bonchev–Trinajstić information content (AvgIpc) is 2.58. The molecule has 1 amide bonds. The number of Topliss-reactive ketones (excluding diaryl/α,β-unsaturated/α-hetero) is 1. The van der Waals surface area contributed by atoms with Gasteiger partial charge in [-0.05, 0) is 31.5 Å². The zero-order chi connectivity index (χ0) is 17.9. The van der Waals surface area contributed by atoms with E-state index in [0.717, 1.165) is 12.8 Å². The van der Waals surface area contributed by atoms with Crippen LogP contribution >= 0.6 is 0 Å². The van der Waals surface area contributed by atoms with Gasteiger partial charge in [0, 0.05) is 12.1 Å². The SMILES string of the molecule is CCCCNC(=O)COC(=O)COc1ccc(C(C)=O)cc1OC. The highest BCUT2D eigenvalue weighted by Crippen LogP contribution is 2.28. The minimum absolute atomic E-state index is 0.103. The van der Waals surface area contributed by atoms with Gasteiger partial charge in [0.05, 0.1) is 7.11 Å². The molecule has 1 aromatic rings. The molecule has 0 heterocycles. The first-order valence-corrected chi connectivity index (χ1v) is 7.72. The molecule has 0 spiro atoms. The van der Waals surface area contributed by atoms with Gasteiger partial charge >= 0.3 is 5.97 Å². The summed E-state index contributed by atoms with van der Waals surface area (Å²) in [6.45, 7) is 3.31. The monoisotopic (exact) mass is 337 g/mol. The number of nitrogens with one attached hydrogen (secondary N) is 1. The van der Waals surface area contributed by atoms with Crippen molar-refractivity contribution in [2.24, 2.45) is 0 Å². The lowest BCUT2D eigenvalue weighted by molar-refractivity contribution is -0.150. The second-order valence-electron chi connectivity index (χ2n) is 5.07. The van der Waals surface area contributed by atoms with Crippen molar-refractivity contribution in [2.75, 3.05) is 26.9 Å². The van der Waals surface area contributed by atoms with Crippen LogP contribution in [0.1, 0.15) is 37.0 Å². The molecule has 24 heavy (non-hydrogen) atoms. The lowest BCUT2D eigenvalue weighted by atomic mass is 10.1. The van der Waals surface area contributed by atoms with Gasteiger partial charge in [0.25, 0.3) is 5.91 Å². The van der Waals surface area contributed by atoms with Crippen molar-refractivity contribution in [2.45, 2.75) is 26.7 Å². The molecule has 0 saturated heterocycles. The summed E-state index contributed by atoms with van der Waals surface area (Å²) in [5, 5.41) is 2.64. The quantitative estimate of drug-likeness (QED) is 0.397. The van der Waals surface area contributed by atoms with Crippen LogP contribution in [-0.4, -0.2) is 44.5 Å². The Kier molecular flexibility index (Phi) is 8.32. The standard InChI is InChI=1S/C17H23NO6/c1-4-5-8-18-16(20)10-24-17(21)11-23-14-7-6-13(12(2)19)9-15(14)22-3/h6-7,9H,4-5,8,10-11H2,1-3H3,(H,18,20). The molecule has 0 unspecified atom stereocenters. The minimum Gasteiger partial charge on any atom is -0.493 e. The van der Waals surface area contributed by atoms with Crippen LogP contribution in [0, 0.1) is 0 Å². The first-order chi connectivity index (χ1) is 11.5. The molecule has 0 radical (unpaired) electrons. The molecule has 1 N–H and O–H groups in total. The highest BCUT2D eigenvalue weighted by molar-refractivity contribution is 5.94. The molecule has 1 aromatic carbocycles. The van der Waals surface area contributed by atoms with Crippen LogP contribution in [0.15, 0.2) is 18.2 Å². The average molecular weight is 337 g/mol. The summed E-state index contributed by atoms with van der Waals surface area (Å²) < 4.78 is 15.3. The van der Waals surface area contributed by atoms with Crippen LogP contribution in [0.5, 0.6) is 11.5 Å². The van der Waals surface area contributed by atoms with Gasteiger partial charge in [0.1, 0.15) is 0 Å². The second-order valence-corrected chi connectivity index (χ2v) is 5.07. The highest BCUT2D eigenvalue weighted by atomic mass is 16.6. The number of esters is 1. The third-order valence-electron chi connectivity index (χ3n) is 3.13. The second kappa shape index (κ2) is 10.3. The van der Waals surface area contributed by atoms with Crippen LogP contribution in [0.2, 0.25) is 0 Å². The minimum atomic E-state index is -0.668. The summed E-state index contributed by atoms with van der Waals surface area (Å²) in [4.78, 5) is 34.3. The number of amides is 1. The van der Waals surface area contributed by atoms with Gasteiger partial charge in [-0.1, -0.05) is 13.3 Å². The van der Waals surface area contributed by atoms with Crippen molar-refractivity contribution in [3.8, 4) is 11.5 Å². The fraction of sp³-hybridized carbons (Fsp3) is 0.471. The van der Waals surface area contributed by atoms with E-state index in [4.69, 9.17) is 14.2 Å². The highest BCUT2D eigenvalue weighted by Gasteiger charge is 2.12. The van der Waals surface area contributed by atoms with Crippen molar-refractivity contribution in [1.29, 1.82) is 0 Å². The maximum atomic E-state index is 11.6. The van der Waals surface area contributed by atoms with Crippen LogP contribution in [-0.2, 0) is 14.3 Å². The van der Waals surface area contributed by atoms with E-state index in [0.29, 0.717) is 23.6 Å². The molecule has 132 valence electrons. The molecule has 1 rings (SSSR count). The number of methoxy groups -OCH3 is 1. The summed E-state index contributed by atoms with van der Waals surface area (Å²) in [5.41, 5.74) is 0.477. The van der Waals surface area contributed by atoms with Crippen molar-refractivity contribution < 1.29 is 28.6 Å². The predicted molar refractivity (Wildman–Crippen MR) is 87.4 cm³/mol. The van der Waals surface area contributed by atoms with E-state index >= 15 is 0 Å². The molecule has 0 aliphatic heterocycles. The molecule has 7 nitrogen and oxygen atoms in total. The summed E-state index contributed by atoms with van der Waals surface area (Å²) in [5.74, 6) is -0.466. The van der Waals surface area contributed by atoms with Crippen LogP contribution < -0.4 is 14.8 Å². The molecular formula is C17H23NO6. The van der Waals surface area contributed by atoms with E-state index in [2.05, 4.69) is 5.32 Å².